The highest BCUT2D eigenvalue weighted by molar-refractivity contribution is 7.90. The maximum atomic E-state index is 15.6. The highest BCUT2D eigenvalue weighted by Gasteiger charge is 2.40. The van der Waals surface area contributed by atoms with Crippen molar-refractivity contribution in [3.05, 3.63) is 149 Å². The number of aromatic nitrogens is 2. The van der Waals surface area contributed by atoms with Crippen molar-refractivity contribution in [2.75, 3.05) is 13.2 Å². The Morgan fingerprint density at radius 1 is 0.841 bits per heavy atom. The number of carbonyl (C=O) groups is 3. The number of nitrogens with one attached hydrogen (secondary N) is 1. The SMILES string of the molecule is CCCCc1c(-c2ccc(C(=O)NS(=O)(=O)c3ccc4ccccc4c3)cc2C(=O)N2Cc3ccccc3C[C@H]2CO[Si](C)(C)C(C)(C)C)c(C(=O)OCC)nn1-c1ccccc1. The van der Waals surface area contributed by atoms with Crippen molar-refractivity contribution in [3.63, 3.8) is 0 Å². The second-order valence-corrected chi connectivity index (χ2v) is 24.1. The van der Waals surface area contributed by atoms with Crippen molar-refractivity contribution in [1.82, 2.24) is 19.4 Å². The predicted molar refractivity (Wildman–Crippen MR) is 249 cm³/mol. The smallest absolute Gasteiger partial charge is 0.359 e. The molecule has 2 amide bonds. The molecule has 328 valence electrons. The largest absolute Gasteiger partial charge is 0.461 e. The summed E-state index contributed by atoms with van der Waals surface area (Å²) in [7, 11) is -6.61. The first-order valence-electron chi connectivity index (χ1n) is 21.6. The number of ether oxygens (including phenoxy) is 1. The van der Waals surface area contributed by atoms with Crippen LogP contribution in [0.15, 0.2) is 120 Å². The topological polar surface area (TPSA) is 137 Å². The number of sulfonamides is 1. The molecule has 1 aliphatic heterocycles. The van der Waals surface area contributed by atoms with Gasteiger partial charge in [-0.05, 0) is 108 Å². The van der Waals surface area contributed by atoms with E-state index >= 15 is 4.79 Å². The highest BCUT2D eigenvalue weighted by Crippen LogP contribution is 2.39. The average molecular weight is 885 g/mol. The van der Waals surface area contributed by atoms with E-state index in [1.165, 1.54) is 24.3 Å². The number of benzene rings is 5. The summed E-state index contributed by atoms with van der Waals surface area (Å²) in [6, 6.07) is 33.7. The molecule has 0 aliphatic carbocycles. The second kappa shape index (κ2) is 18.4. The Labute approximate surface area is 371 Å². The quantitative estimate of drug-likeness (QED) is 0.0844. The normalized spacial score (nSPS) is 14.3. The molecule has 0 bridgehead atoms. The fraction of sp³-hybridized carbons (Fsp3) is 0.320. The number of amides is 2. The molecule has 0 spiro atoms. The first-order chi connectivity index (χ1) is 30.0. The van der Waals surface area contributed by atoms with Crippen LogP contribution in [-0.4, -0.2) is 68.5 Å². The molecule has 2 heterocycles. The summed E-state index contributed by atoms with van der Waals surface area (Å²) in [5, 5.41) is 6.35. The molecule has 63 heavy (non-hydrogen) atoms. The van der Waals surface area contributed by atoms with Crippen LogP contribution in [0.25, 0.3) is 27.6 Å². The van der Waals surface area contributed by atoms with Crippen molar-refractivity contribution < 1.29 is 32.0 Å². The van der Waals surface area contributed by atoms with Crippen LogP contribution in [0, 0.1) is 0 Å². The number of unbranched alkanes of at least 4 members (excludes halogenated alkanes) is 1. The fourth-order valence-electron chi connectivity index (χ4n) is 7.74. The van der Waals surface area contributed by atoms with Gasteiger partial charge in [0.05, 0.1) is 35.5 Å². The van der Waals surface area contributed by atoms with Crippen LogP contribution in [-0.2, 0) is 38.6 Å². The Morgan fingerprint density at radius 2 is 1.52 bits per heavy atom. The summed E-state index contributed by atoms with van der Waals surface area (Å²) in [4.78, 5) is 45.5. The number of esters is 1. The van der Waals surface area contributed by atoms with Crippen molar-refractivity contribution in [3.8, 4) is 16.8 Å². The Balaban J connectivity index is 1.40. The highest BCUT2D eigenvalue weighted by atomic mass is 32.2. The zero-order chi connectivity index (χ0) is 45.1. The zero-order valence-corrected chi connectivity index (χ0v) is 38.9. The summed E-state index contributed by atoms with van der Waals surface area (Å²) < 4.78 is 43.9. The zero-order valence-electron chi connectivity index (χ0n) is 37.1. The van der Waals surface area contributed by atoms with Crippen LogP contribution in [0.3, 0.4) is 0 Å². The summed E-state index contributed by atoms with van der Waals surface area (Å²) in [6.45, 7) is 15.3. The van der Waals surface area contributed by atoms with Crippen LogP contribution < -0.4 is 4.72 Å². The van der Waals surface area contributed by atoms with Crippen LogP contribution in [0.5, 0.6) is 0 Å². The average Bonchev–Trinajstić information content (AvgIpc) is 3.65. The van der Waals surface area contributed by atoms with Crippen LogP contribution in [0.1, 0.15) is 95.5 Å². The van der Waals surface area contributed by atoms with Crippen molar-refractivity contribution in [1.29, 1.82) is 0 Å². The maximum Gasteiger partial charge on any atom is 0.359 e. The minimum Gasteiger partial charge on any atom is -0.461 e. The lowest BCUT2D eigenvalue weighted by Gasteiger charge is -2.41. The van der Waals surface area contributed by atoms with Gasteiger partial charge in [0.2, 0.25) is 0 Å². The van der Waals surface area contributed by atoms with Crippen LogP contribution in [0.4, 0.5) is 0 Å². The summed E-state index contributed by atoms with van der Waals surface area (Å²) in [5.41, 5.74) is 4.38. The third-order valence-corrected chi connectivity index (χ3v) is 18.1. The number of para-hydroxylation sites is 1. The maximum absolute atomic E-state index is 15.6. The Kier molecular flexibility index (Phi) is 13.2. The number of hydrogen-bond acceptors (Lipinski definition) is 8. The molecule has 1 aromatic heterocycles. The first-order valence-corrected chi connectivity index (χ1v) is 26.0. The number of fused-ring (bicyclic) bond motifs is 2. The van der Waals surface area contributed by atoms with Crippen LogP contribution >= 0.6 is 0 Å². The second-order valence-electron chi connectivity index (χ2n) is 17.6. The lowest BCUT2D eigenvalue weighted by molar-refractivity contribution is 0.0517. The van der Waals surface area contributed by atoms with Crippen molar-refractivity contribution in [2.24, 2.45) is 0 Å². The van der Waals surface area contributed by atoms with Gasteiger partial charge in [0.25, 0.3) is 21.8 Å². The molecule has 0 fully saturated rings. The van der Waals surface area contributed by atoms with Gasteiger partial charge in [-0.25, -0.2) is 22.6 Å². The third-order valence-electron chi connectivity index (χ3n) is 12.3. The molecule has 6 aromatic rings. The van der Waals surface area contributed by atoms with Gasteiger partial charge < -0.3 is 14.1 Å². The molecule has 1 N–H and O–H groups in total. The van der Waals surface area contributed by atoms with Crippen molar-refractivity contribution in [2.45, 2.75) is 95.9 Å². The van der Waals surface area contributed by atoms with E-state index in [0.29, 0.717) is 35.0 Å². The minimum absolute atomic E-state index is 0.0266. The monoisotopic (exact) mass is 884 g/mol. The van der Waals surface area contributed by atoms with Gasteiger partial charge >= 0.3 is 5.97 Å². The predicted octanol–water partition coefficient (Wildman–Crippen LogP) is 9.92. The molecule has 0 saturated heterocycles. The Morgan fingerprint density at radius 3 is 2.22 bits per heavy atom. The van der Waals surface area contributed by atoms with E-state index in [1.807, 2.05) is 66.7 Å². The van der Waals surface area contributed by atoms with E-state index in [1.54, 1.807) is 34.7 Å². The van der Waals surface area contributed by atoms with Gasteiger partial charge in [-0.3, -0.25) is 9.59 Å². The Bertz CT molecular complexity index is 2780. The molecule has 13 heteroatoms. The lowest BCUT2D eigenvalue weighted by Crippen LogP contribution is -2.50. The third kappa shape index (κ3) is 9.56. The molecular formula is C50H56N4O7SSi. The molecule has 0 unspecified atom stereocenters. The Hall–Kier alpha value is -5.89. The van der Waals surface area contributed by atoms with E-state index in [0.717, 1.165) is 35.0 Å². The molecule has 1 atom stereocenters. The van der Waals surface area contributed by atoms with Crippen LogP contribution in [0.2, 0.25) is 18.1 Å². The number of hydrogen-bond donors (Lipinski definition) is 1. The molecule has 5 aromatic carbocycles. The summed E-state index contributed by atoms with van der Waals surface area (Å²) in [6.07, 6.45) is 2.64. The van der Waals surface area contributed by atoms with Gasteiger partial charge in [-0.2, -0.15) is 5.10 Å². The van der Waals surface area contributed by atoms with E-state index < -0.39 is 36.1 Å². The number of rotatable bonds is 14. The molecule has 1 aliphatic rings. The number of nitrogens with zero attached hydrogens (tertiary/aromatic N) is 3. The lowest BCUT2D eigenvalue weighted by atomic mass is 9.90. The van der Waals surface area contributed by atoms with E-state index in [9.17, 15) is 18.0 Å². The van der Waals surface area contributed by atoms with Gasteiger partial charge in [-0.1, -0.05) is 113 Å². The van der Waals surface area contributed by atoms with Gasteiger partial charge in [-0.15, -0.1) is 0 Å². The fourth-order valence-corrected chi connectivity index (χ4v) is 9.79. The molecule has 11 nitrogen and oxygen atoms in total. The van der Waals surface area contributed by atoms with Crippen molar-refractivity contribution >= 4 is 46.9 Å². The standard InChI is InChI=1S/C50H56N4O7SSi/c1-8-10-24-44-45(46(49(57)60-9-2)51-54(44)39-22-12-11-13-23-39)42-28-26-37(47(55)52-62(58,59)41-27-25-34-18-14-15-20-36(34)30-41)31-43(42)48(56)53-32-38-21-17-16-19-35(38)29-40(53)33-61-63(6,7)50(3,4)5/h11-23,25-28,30-31,40H,8-10,24,29,32-33H2,1-7H3,(H,52,55)/t40-/m0/s1. The summed E-state index contributed by atoms with van der Waals surface area (Å²) >= 11 is 0. The van der Waals surface area contributed by atoms with Gasteiger partial charge in [0, 0.05) is 23.2 Å². The van der Waals surface area contributed by atoms with Gasteiger partial charge in [0.1, 0.15) is 0 Å². The molecule has 0 radical (unpaired) electrons. The first kappa shape index (κ1) is 45.1. The summed E-state index contributed by atoms with van der Waals surface area (Å²) in [5.74, 6) is -1.98. The van der Waals surface area contributed by atoms with E-state index in [-0.39, 0.29) is 52.6 Å². The number of carbonyl (C=O) groups excluding carboxylic acids is 3. The molecule has 7 rings (SSSR count). The van der Waals surface area contributed by atoms with E-state index in [4.69, 9.17) is 14.3 Å². The minimum atomic E-state index is -4.34. The van der Waals surface area contributed by atoms with Gasteiger partial charge in [0.15, 0.2) is 14.0 Å². The van der Waals surface area contributed by atoms with E-state index in [2.05, 4.69) is 51.6 Å². The molecule has 0 saturated carbocycles. The molecular weight excluding hydrogens is 829 g/mol.